The van der Waals surface area contributed by atoms with Crippen LogP contribution in [0.25, 0.3) is 10.8 Å². The minimum atomic E-state index is -0.335. The maximum atomic E-state index is 12.4. The second kappa shape index (κ2) is 7.22. The topological polar surface area (TPSA) is 43.4 Å². The van der Waals surface area contributed by atoms with Crippen molar-refractivity contribution < 1.29 is 14.3 Å². The average Bonchev–Trinajstić information content (AvgIpc) is 2.57. The van der Waals surface area contributed by atoms with E-state index in [0.29, 0.717) is 5.57 Å². The molecular weight excluding hydrogens is 320 g/mol. The molecule has 0 aliphatic carbocycles. The van der Waals surface area contributed by atoms with Crippen LogP contribution in [0.3, 0.4) is 0 Å². The lowest BCUT2D eigenvalue weighted by atomic mass is 9.95. The molecule has 24 heavy (non-hydrogen) atoms. The molecule has 0 spiro atoms. The molecule has 0 radical (unpaired) electrons. The Hall–Kier alpha value is -2.07. The summed E-state index contributed by atoms with van der Waals surface area (Å²) in [6.45, 7) is 3.90. The Morgan fingerprint density at radius 2 is 1.96 bits per heavy atom. The van der Waals surface area contributed by atoms with E-state index in [1.807, 2.05) is 56.3 Å². The minimum Gasteiger partial charge on any atom is -0.459 e. The SMILES string of the molecule is CCC1=C(CC(=O)Sc2ccc3ccccc3c2)C(=O)OC(C)C1. The Morgan fingerprint density at radius 1 is 1.21 bits per heavy atom. The van der Waals surface area contributed by atoms with Crippen LogP contribution in [0, 0.1) is 0 Å². The van der Waals surface area contributed by atoms with E-state index < -0.39 is 0 Å². The summed E-state index contributed by atoms with van der Waals surface area (Å²) in [5.41, 5.74) is 1.60. The maximum absolute atomic E-state index is 12.4. The van der Waals surface area contributed by atoms with Crippen LogP contribution in [0.4, 0.5) is 0 Å². The van der Waals surface area contributed by atoms with Crippen molar-refractivity contribution in [1.29, 1.82) is 0 Å². The molecule has 1 atom stereocenters. The number of esters is 1. The third-order valence-electron chi connectivity index (χ3n) is 4.22. The van der Waals surface area contributed by atoms with Gasteiger partial charge in [0.25, 0.3) is 0 Å². The van der Waals surface area contributed by atoms with Crippen LogP contribution >= 0.6 is 11.8 Å². The van der Waals surface area contributed by atoms with Crippen molar-refractivity contribution in [3.05, 3.63) is 53.6 Å². The number of benzene rings is 2. The average molecular weight is 340 g/mol. The molecule has 124 valence electrons. The highest BCUT2D eigenvalue weighted by molar-refractivity contribution is 8.13. The predicted octanol–water partition coefficient (Wildman–Crippen LogP) is 4.89. The number of hydrogen-bond donors (Lipinski definition) is 0. The number of fused-ring (bicyclic) bond motifs is 1. The summed E-state index contributed by atoms with van der Waals surface area (Å²) in [4.78, 5) is 25.4. The van der Waals surface area contributed by atoms with Crippen LogP contribution < -0.4 is 0 Å². The zero-order valence-electron chi connectivity index (χ0n) is 13.9. The molecule has 1 aliphatic rings. The number of hydrogen-bond acceptors (Lipinski definition) is 4. The van der Waals surface area contributed by atoms with Crippen LogP contribution in [-0.2, 0) is 14.3 Å². The Morgan fingerprint density at radius 3 is 2.71 bits per heavy atom. The summed E-state index contributed by atoms with van der Waals surface area (Å²) in [6.07, 6.45) is 1.54. The lowest BCUT2D eigenvalue weighted by Crippen LogP contribution is -2.25. The van der Waals surface area contributed by atoms with Crippen molar-refractivity contribution in [2.75, 3.05) is 0 Å². The summed E-state index contributed by atoms with van der Waals surface area (Å²) < 4.78 is 5.28. The molecule has 0 N–H and O–H groups in total. The third kappa shape index (κ3) is 3.70. The van der Waals surface area contributed by atoms with Gasteiger partial charge in [-0.2, -0.15) is 0 Å². The Kier molecular flexibility index (Phi) is 5.05. The van der Waals surface area contributed by atoms with Crippen molar-refractivity contribution in [3.8, 4) is 0 Å². The van der Waals surface area contributed by atoms with Crippen LogP contribution in [0.2, 0.25) is 0 Å². The number of carbonyl (C=O) groups is 2. The highest BCUT2D eigenvalue weighted by Crippen LogP contribution is 2.30. The molecule has 2 aromatic carbocycles. The van der Waals surface area contributed by atoms with Gasteiger partial charge in [-0.1, -0.05) is 54.6 Å². The van der Waals surface area contributed by atoms with Crippen LogP contribution in [-0.4, -0.2) is 17.2 Å². The lowest BCUT2D eigenvalue weighted by Gasteiger charge is -2.24. The largest absolute Gasteiger partial charge is 0.459 e. The molecule has 0 aromatic heterocycles. The second-order valence-corrected chi connectivity index (χ2v) is 7.15. The Balaban J connectivity index is 1.75. The van der Waals surface area contributed by atoms with Gasteiger partial charge in [-0.3, -0.25) is 4.79 Å². The fourth-order valence-corrected chi connectivity index (χ4v) is 3.81. The van der Waals surface area contributed by atoms with E-state index in [0.717, 1.165) is 34.1 Å². The number of cyclic esters (lactones) is 1. The number of ether oxygens (including phenoxy) is 1. The van der Waals surface area contributed by atoms with Crippen molar-refractivity contribution in [2.24, 2.45) is 0 Å². The van der Waals surface area contributed by atoms with Gasteiger partial charge < -0.3 is 4.74 Å². The molecule has 0 saturated heterocycles. The van der Waals surface area contributed by atoms with E-state index in [2.05, 4.69) is 0 Å². The molecule has 1 unspecified atom stereocenters. The Bertz CT molecular complexity index is 822. The van der Waals surface area contributed by atoms with Gasteiger partial charge in [0.15, 0.2) is 5.12 Å². The second-order valence-electron chi connectivity index (χ2n) is 6.02. The quantitative estimate of drug-likeness (QED) is 0.587. The van der Waals surface area contributed by atoms with Crippen LogP contribution in [0.15, 0.2) is 58.5 Å². The first kappa shape index (κ1) is 16.8. The van der Waals surface area contributed by atoms with Gasteiger partial charge >= 0.3 is 5.97 Å². The summed E-state index contributed by atoms with van der Waals surface area (Å²) in [7, 11) is 0. The van der Waals surface area contributed by atoms with Gasteiger partial charge in [-0.05, 0) is 36.2 Å². The highest BCUT2D eigenvalue weighted by Gasteiger charge is 2.27. The smallest absolute Gasteiger partial charge is 0.334 e. The van der Waals surface area contributed by atoms with E-state index in [9.17, 15) is 9.59 Å². The van der Waals surface area contributed by atoms with Crippen LogP contribution in [0.5, 0.6) is 0 Å². The minimum absolute atomic E-state index is 0.0299. The van der Waals surface area contributed by atoms with Gasteiger partial charge in [0.1, 0.15) is 6.10 Å². The first-order chi connectivity index (χ1) is 11.6. The summed E-state index contributed by atoms with van der Waals surface area (Å²) in [5.74, 6) is -0.335. The Labute approximate surface area is 146 Å². The molecule has 2 aromatic rings. The van der Waals surface area contributed by atoms with Crippen molar-refractivity contribution in [3.63, 3.8) is 0 Å². The van der Waals surface area contributed by atoms with Crippen molar-refractivity contribution in [2.45, 2.75) is 44.1 Å². The van der Waals surface area contributed by atoms with Gasteiger partial charge in [0.2, 0.25) is 0 Å². The van der Waals surface area contributed by atoms with E-state index in [1.165, 1.54) is 11.8 Å². The molecule has 3 rings (SSSR count). The first-order valence-corrected chi connectivity index (χ1v) is 9.00. The number of rotatable bonds is 4. The summed E-state index contributed by atoms with van der Waals surface area (Å²) in [6, 6.07) is 14.0. The van der Waals surface area contributed by atoms with Gasteiger partial charge in [0.05, 0.1) is 0 Å². The van der Waals surface area contributed by atoms with Gasteiger partial charge in [0, 0.05) is 23.3 Å². The number of thioether (sulfide) groups is 1. The molecule has 3 nitrogen and oxygen atoms in total. The maximum Gasteiger partial charge on any atom is 0.334 e. The van der Waals surface area contributed by atoms with Crippen molar-refractivity contribution >= 4 is 33.6 Å². The van der Waals surface area contributed by atoms with E-state index >= 15 is 0 Å². The fourth-order valence-electron chi connectivity index (χ4n) is 3.01. The third-order valence-corrected chi connectivity index (χ3v) is 5.08. The lowest BCUT2D eigenvalue weighted by molar-refractivity contribution is -0.145. The predicted molar refractivity (Wildman–Crippen MR) is 96.9 cm³/mol. The van der Waals surface area contributed by atoms with Gasteiger partial charge in [-0.25, -0.2) is 4.79 Å². The molecule has 1 aliphatic heterocycles. The normalized spacial score (nSPS) is 17.9. The van der Waals surface area contributed by atoms with E-state index in [1.54, 1.807) is 0 Å². The first-order valence-electron chi connectivity index (χ1n) is 8.18. The van der Waals surface area contributed by atoms with Gasteiger partial charge in [-0.15, -0.1) is 0 Å². The zero-order valence-corrected chi connectivity index (χ0v) is 14.7. The highest BCUT2D eigenvalue weighted by atomic mass is 32.2. The molecule has 1 heterocycles. The molecule has 0 saturated carbocycles. The number of carbonyl (C=O) groups excluding carboxylic acids is 2. The van der Waals surface area contributed by atoms with Crippen molar-refractivity contribution in [1.82, 2.24) is 0 Å². The van der Waals surface area contributed by atoms with E-state index in [4.69, 9.17) is 4.74 Å². The van der Waals surface area contributed by atoms with E-state index in [-0.39, 0.29) is 23.6 Å². The molecular formula is C20H20O3S. The van der Waals surface area contributed by atoms with Crippen LogP contribution in [0.1, 0.15) is 33.1 Å². The fraction of sp³-hybridized carbons (Fsp3) is 0.300. The summed E-state index contributed by atoms with van der Waals surface area (Å²) >= 11 is 1.19. The molecule has 0 amide bonds. The standard InChI is InChI=1S/C20H20O3S/c1-3-14-10-13(2)23-20(22)18(14)12-19(21)24-17-9-8-15-6-4-5-7-16(15)11-17/h4-9,11,13H,3,10,12H2,1-2H3. The summed E-state index contributed by atoms with van der Waals surface area (Å²) in [5, 5.41) is 2.22. The zero-order chi connectivity index (χ0) is 17.1. The monoisotopic (exact) mass is 340 g/mol. The molecule has 0 bridgehead atoms. The molecule has 0 fully saturated rings. The molecule has 4 heteroatoms.